The topological polar surface area (TPSA) is 56.8 Å². The van der Waals surface area contributed by atoms with E-state index in [4.69, 9.17) is 14.2 Å². The van der Waals surface area contributed by atoms with Gasteiger partial charge in [0, 0.05) is 42.7 Å². The van der Waals surface area contributed by atoms with Crippen LogP contribution >= 0.6 is 11.8 Å². The number of carbonyl (C=O) groups excluding carboxylic acids is 1. The summed E-state index contributed by atoms with van der Waals surface area (Å²) in [5.74, 6) is 1.06. The van der Waals surface area contributed by atoms with Crippen LogP contribution in [0.25, 0.3) is 0 Å². The van der Waals surface area contributed by atoms with E-state index in [-0.39, 0.29) is 18.3 Å². The molecule has 0 spiro atoms. The fraction of sp³-hybridized carbons (Fsp3) is 0.381. The molecule has 0 aromatic heterocycles. The Balaban J connectivity index is 1.60. The van der Waals surface area contributed by atoms with Crippen LogP contribution in [-0.4, -0.2) is 31.9 Å². The van der Waals surface area contributed by atoms with Crippen LogP contribution in [0.4, 0.5) is 4.39 Å². The zero-order valence-corrected chi connectivity index (χ0v) is 16.6. The van der Waals surface area contributed by atoms with Gasteiger partial charge in [-0.2, -0.15) is 0 Å². The average molecular weight is 405 g/mol. The molecule has 2 aromatic carbocycles. The van der Waals surface area contributed by atoms with Crippen LogP contribution in [0.3, 0.4) is 0 Å². The number of methoxy groups -OCH3 is 1. The van der Waals surface area contributed by atoms with Crippen molar-refractivity contribution >= 4 is 17.7 Å². The third kappa shape index (κ3) is 5.70. The molecular weight excluding hydrogens is 381 g/mol. The predicted molar refractivity (Wildman–Crippen MR) is 107 cm³/mol. The molecule has 0 fully saturated rings. The average Bonchev–Trinajstić information content (AvgIpc) is 2.71. The number of hydrogen-bond donors (Lipinski definition) is 1. The van der Waals surface area contributed by atoms with Crippen molar-refractivity contribution in [1.82, 2.24) is 5.32 Å². The van der Waals surface area contributed by atoms with Gasteiger partial charge >= 0.3 is 0 Å². The van der Waals surface area contributed by atoms with E-state index in [1.54, 1.807) is 7.11 Å². The lowest BCUT2D eigenvalue weighted by molar-refractivity contribution is -0.118. The summed E-state index contributed by atoms with van der Waals surface area (Å²) in [6.45, 7) is 1.48. The first-order valence-corrected chi connectivity index (χ1v) is 10.3. The molecule has 0 saturated carbocycles. The lowest BCUT2D eigenvalue weighted by Gasteiger charge is -2.28. The predicted octanol–water partition coefficient (Wildman–Crippen LogP) is 3.82. The van der Waals surface area contributed by atoms with Crippen LogP contribution in [0.1, 0.15) is 29.4 Å². The lowest BCUT2D eigenvalue weighted by atomic mass is 10.1. The quantitative estimate of drug-likeness (QED) is 0.643. The minimum Gasteiger partial charge on any atom is -0.460 e. The molecule has 1 aliphatic rings. The summed E-state index contributed by atoms with van der Waals surface area (Å²) in [5, 5.41) is 2.84. The van der Waals surface area contributed by atoms with Crippen LogP contribution in [0, 0.1) is 5.82 Å². The molecule has 0 saturated heterocycles. The maximum Gasteiger partial charge on any atom is 0.230 e. The summed E-state index contributed by atoms with van der Waals surface area (Å²) in [5.41, 5.74) is 2.33. The highest BCUT2D eigenvalue weighted by atomic mass is 32.2. The van der Waals surface area contributed by atoms with E-state index < -0.39 is 6.29 Å². The van der Waals surface area contributed by atoms with Gasteiger partial charge in [-0.25, -0.2) is 4.39 Å². The molecule has 1 aliphatic heterocycles. The van der Waals surface area contributed by atoms with Gasteiger partial charge in [-0.15, -0.1) is 11.8 Å². The van der Waals surface area contributed by atoms with Crippen molar-refractivity contribution in [3.05, 3.63) is 65.0 Å². The second kappa shape index (κ2) is 10.5. The summed E-state index contributed by atoms with van der Waals surface area (Å²) in [6.07, 6.45) is 0.256. The molecular formula is C21H24FNO4S. The van der Waals surface area contributed by atoms with Crippen LogP contribution < -0.4 is 10.1 Å². The molecule has 7 heteroatoms. The number of ether oxygens (including phenoxy) is 3. The molecule has 0 unspecified atom stereocenters. The molecule has 0 aliphatic carbocycles. The van der Waals surface area contributed by atoms with Gasteiger partial charge in [0.15, 0.2) is 0 Å². The Hall–Kier alpha value is -2.09. The third-order valence-corrected chi connectivity index (χ3v) is 5.21. The number of rotatable bonds is 9. The molecule has 28 heavy (non-hydrogen) atoms. The number of nitrogens with one attached hydrogen (secondary N) is 1. The number of carbonyl (C=O) groups is 1. The fourth-order valence-corrected chi connectivity index (χ4v) is 3.73. The van der Waals surface area contributed by atoms with Crippen molar-refractivity contribution in [3.63, 3.8) is 0 Å². The van der Waals surface area contributed by atoms with Gasteiger partial charge in [0.25, 0.3) is 0 Å². The Labute approximate surface area is 168 Å². The smallest absolute Gasteiger partial charge is 0.230 e. The number of halogens is 1. The fourth-order valence-electron chi connectivity index (χ4n) is 2.91. The molecule has 3 rings (SSSR count). The van der Waals surface area contributed by atoms with E-state index in [2.05, 4.69) is 5.32 Å². The van der Waals surface area contributed by atoms with Gasteiger partial charge in [0.2, 0.25) is 12.2 Å². The van der Waals surface area contributed by atoms with E-state index in [9.17, 15) is 9.18 Å². The third-order valence-electron chi connectivity index (χ3n) is 4.23. The molecule has 0 bridgehead atoms. The molecule has 1 atom stereocenters. The molecule has 1 N–H and O–H groups in total. The molecule has 1 amide bonds. The van der Waals surface area contributed by atoms with Gasteiger partial charge in [-0.05, 0) is 18.6 Å². The van der Waals surface area contributed by atoms with Gasteiger partial charge < -0.3 is 19.5 Å². The number of benzene rings is 2. The monoisotopic (exact) mass is 405 g/mol. The van der Waals surface area contributed by atoms with E-state index in [0.29, 0.717) is 36.0 Å². The largest absolute Gasteiger partial charge is 0.460 e. The van der Waals surface area contributed by atoms with Crippen LogP contribution in [-0.2, 0) is 26.6 Å². The molecule has 0 radical (unpaired) electrons. The Bertz CT molecular complexity index is 787. The minimum absolute atomic E-state index is 0.0437. The van der Waals surface area contributed by atoms with Crippen LogP contribution in [0.15, 0.2) is 42.5 Å². The zero-order chi connectivity index (χ0) is 19.8. The maximum absolute atomic E-state index is 14.0. The Kier molecular flexibility index (Phi) is 7.71. The highest BCUT2D eigenvalue weighted by molar-refractivity contribution is 7.99. The van der Waals surface area contributed by atoms with Gasteiger partial charge in [-0.1, -0.05) is 30.3 Å². The van der Waals surface area contributed by atoms with Crippen LogP contribution in [0.2, 0.25) is 0 Å². The maximum atomic E-state index is 14.0. The second-order valence-corrected chi connectivity index (χ2v) is 7.40. The summed E-state index contributed by atoms with van der Waals surface area (Å²) >= 11 is 1.43. The first-order valence-electron chi connectivity index (χ1n) is 9.15. The Morgan fingerprint density at radius 3 is 2.93 bits per heavy atom. The van der Waals surface area contributed by atoms with Gasteiger partial charge in [0.05, 0.1) is 12.4 Å². The Morgan fingerprint density at radius 2 is 2.14 bits per heavy atom. The SMILES string of the molecule is COCCCNC(=O)CSCc1cc(F)cc2c1O[C@H](c1ccccc1)OC2. The van der Waals surface area contributed by atoms with E-state index in [1.165, 1.54) is 23.9 Å². The summed E-state index contributed by atoms with van der Waals surface area (Å²) in [7, 11) is 1.63. The van der Waals surface area contributed by atoms with E-state index >= 15 is 0 Å². The molecule has 2 aromatic rings. The molecule has 5 nitrogen and oxygen atoms in total. The van der Waals surface area contributed by atoms with Crippen molar-refractivity contribution < 1.29 is 23.4 Å². The van der Waals surface area contributed by atoms with E-state index in [0.717, 1.165) is 17.5 Å². The minimum atomic E-state index is -0.521. The van der Waals surface area contributed by atoms with Crippen molar-refractivity contribution in [2.75, 3.05) is 26.0 Å². The Morgan fingerprint density at radius 1 is 1.32 bits per heavy atom. The summed E-state index contributed by atoms with van der Waals surface area (Å²) in [6, 6.07) is 12.5. The molecule has 1 heterocycles. The van der Waals surface area contributed by atoms with Crippen molar-refractivity contribution in [1.29, 1.82) is 0 Å². The number of fused-ring (bicyclic) bond motifs is 1. The number of amides is 1. The van der Waals surface area contributed by atoms with E-state index in [1.807, 2.05) is 30.3 Å². The molecule has 150 valence electrons. The van der Waals surface area contributed by atoms with Crippen molar-refractivity contribution in [2.24, 2.45) is 0 Å². The number of thioether (sulfide) groups is 1. The van der Waals surface area contributed by atoms with Crippen molar-refractivity contribution in [2.45, 2.75) is 25.1 Å². The summed E-state index contributed by atoms with van der Waals surface area (Å²) in [4.78, 5) is 11.9. The highest BCUT2D eigenvalue weighted by Crippen LogP contribution is 2.37. The standard InChI is InChI=1S/C21H24FNO4S/c1-25-9-5-8-23-19(24)14-28-13-17-11-18(22)10-16-12-26-21(27-20(16)17)15-6-3-2-4-7-15/h2-4,6-7,10-11,21H,5,8-9,12-14H2,1H3,(H,23,24)/t21-/m1/s1. The lowest BCUT2D eigenvalue weighted by Crippen LogP contribution is -2.26. The number of hydrogen-bond acceptors (Lipinski definition) is 5. The van der Waals surface area contributed by atoms with Crippen molar-refractivity contribution in [3.8, 4) is 5.75 Å². The highest BCUT2D eigenvalue weighted by Gasteiger charge is 2.25. The summed E-state index contributed by atoms with van der Waals surface area (Å²) < 4.78 is 30.7. The van der Waals surface area contributed by atoms with Gasteiger partial charge in [-0.3, -0.25) is 4.79 Å². The van der Waals surface area contributed by atoms with Crippen LogP contribution in [0.5, 0.6) is 5.75 Å². The second-order valence-electron chi connectivity index (χ2n) is 6.41. The normalized spacial score (nSPS) is 15.6. The van der Waals surface area contributed by atoms with Gasteiger partial charge in [0.1, 0.15) is 11.6 Å². The first kappa shape index (κ1) is 20.6. The first-order chi connectivity index (χ1) is 13.7. The zero-order valence-electron chi connectivity index (χ0n) is 15.8.